The molecule has 4 aliphatic rings. The highest BCUT2D eigenvalue weighted by atomic mass is 15.3. The first-order chi connectivity index (χ1) is 10.2. The van der Waals surface area contributed by atoms with Crippen LogP contribution in [0.25, 0.3) is 0 Å². The van der Waals surface area contributed by atoms with E-state index in [0.29, 0.717) is 11.5 Å². The fourth-order valence-electron chi connectivity index (χ4n) is 4.15. The zero-order valence-corrected chi connectivity index (χ0v) is 13.6. The molecule has 1 heterocycles. The van der Waals surface area contributed by atoms with Gasteiger partial charge in [-0.05, 0) is 55.8 Å². The van der Waals surface area contributed by atoms with Crippen molar-refractivity contribution >= 4 is 5.96 Å². The summed E-state index contributed by atoms with van der Waals surface area (Å²) in [5.74, 6) is 2.76. The molecule has 4 rings (SSSR count). The molecule has 3 aliphatic carbocycles. The summed E-state index contributed by atoms with van der Waals surface area (Å²) < 4.78 is 0. The molecule has 1 saturated heterocycles. The second-order valence-corrected chi connectivity index (χ2v) is 7.98. The second kappa shape index (κ2) is 5.15. The Hall–Kier alpha value is -0.770. The van der Waals surface area contributed by atoms with Crippen LogP contribution < -0.4 is 10.6 Å². The molecular formula is C17H30N4. The highest BCUT2D eigenvalue weighted by Crippen LogP contribution is 2.60. The Bertz CT molecular complexity index is 421. The summed E-state index contributed by atoms with van der Waals surface area (Å²) in [5, 5.41) is 7.31. The lowest BCUT2D eigenvalue weighted by Crippen LogP contribution is -2.48. The number of nitrogens with one attached hydrogen (secondary N) is 2. The van der Waals surface area contributed by atoms with Gasteiger partial charge in [0.15, 0.2) is 5.96 Å². The van der Waals surface area contributed by atoms with E-state index in [9.17, 15) is 0 Å². The SMILES string of the molecule is CN=C(NCC1(C2CC2)CC1)NC1CN(C2CC2)CC1C. The number of nitrogens with zero attached hydrogens (tertiary/aromatic N) is 2. The van der Waals surface area contributed by atoms with Crippen LogP contribution in [0.1, 0.15) is 45.4 Å². The maximum Gasteiger partial charge on any atom is 0.191 e. The number of hydrogen-bond acceptors (Lipinski definition) is 2. The van der Waals surface area contributed by atoms with Crippen LogP contribution in [0, 0.1) is 17.3 Å². The lowest BCUT2D eigenvalue weighted by molar-refractivity contribution is 0.315. The second-order valence-electron chi connectivity index (χ2n) is 7.98. The summed E-state index contributed by atoms with van der Waals surface area (Å²) in [6, 6.07) is 1.45. The van der Waals surface area contributed by atoms with Crippen molar-refractivity contribution in [3.63, 3.8) is 0 Å². The molecule has 0 aromatic carbocycles. The van der Waals surface area contributed by atoms with Crippen LogP contribution in [0.2, 0.25) is 0 Å². The summed E-state index contributed by atoms with van der Waals surface area (Å²) >= 11 is 0. The lowest BCUT2D eigenvalue weighted by Gasteiger charge is -2.22. The first kappa shape index (κ1) is 13.9. The van der Waals surface area contributed by atoms with Crippen LogP contribution in [0.3, 0.4) is 0 Å². The van der Waals surface area contributed by atoms with Gasteiger partial charge in [-0.25, -0.2) is 0 Å². The normalized spacial score (nSPS) is 35.8. The van der Waals surface area contributed by atoms with E-state index in [1.807, 2.05) is 7.05 Å². The van der Waals surface area contributed by atoms with Gasteiger partial charge < -0.3 is 10.6 Å². The monoisotopic (exact) mass is 290 g/mol. The zero-order valence-electron chi connectivity index (χ0n) is 13.6. The maximum atomic E-state index is 4.46. The van der Waals surface area contributed by atoms with Gasteiger partial charge in [-0.3, -0.25) is 9.89 Å². The molecule has 4 nitrogen and oxygen atoms in total. The van der Waals surface area contributed by atoms with E-state index in [2.05, 4.69) is 27.4 Å². The van der Waals surface area contributed by atoms with Crippen LogP contribution in [0.5, 0.6) is 0 Å². The Morgan fingerprint density at radius 3 is 2.52 bits per heavy atom. The summed E-state index contributed by atoms with van der Waals surface area (Å²) in [7, 11) is 1.91. The Morgan fingerprint density at radius 2 is 1.95 bits per heavy atom. The van der Waals surface area contributed by atoms with E-state index in [1.165, 1.54) is 51.6 Å². The molecule has 2 N–H and O–H groups in total. The minimum absolute atomic E-state index is 0.563. The van der Waals surface area contributed by atoms with Gasteiger partial charge in [0.1, 0.15) is 0 Å². The van der Waals surface area contributed by atoms with Gasteiger partial charge in [0.05, 0.1) is 0 Å². The third-order valence-electron chi connectivity index (χ3n) is 6.19. The quantitative estimate of drug-likeness (QED) is 0.599. The third-order valence-corrected chi connectivity index (χ3v) is 6.19. The highest BCUT2D eigenvalue weighted by molar-refractivity contribution is 5.80. The summed E-state index contributed by atoms with van der Waals surface area (Å²) in [6.07, 6.45) is 8.61. The average Bonchev–Trinajstić information content (AvgIpc) is 3.36. The van der Waals surface area contributed by atoms with Crippen molar-refractivity contribution in [2.75, 3.05) is 26.7 Å². The molecule has 4 heteroatoms. The number of aliphatic imine (C=N–C) groups is 1. The molecule has 2 atom stereocenters. The van der Waals surface area contributed by atoms with E-state index in [4.69, 9.17) is 0 Å². The topological polar surface area (TPSA) is 39.7 Å². The van der Waals surface area contributed by atoms with Crippen LogP contribution >= 0.6 is 0 Å². The first-order valence-electron chi connectivity index (χ1n) is 8.91. The number of guanidine groups is 1. The zero-order chi connectivity index (χ0) is 14.4. The smallest absolute Gasteiger partial charge is 0.191 e. The minimum atomic E-state index is 0.563. The number of hydrogen-bond donors (Lipinski definition) is 2. The van der Waals surface area contributed by atoms with Gasteiger partial charge in [0, 0.05) is 38.8 Å². The number of likely N-dealkylation sites (tertiary alicyclic amines) is 1. The molecule has 21 heavy (non-hydrogen) atoms. The Kier molecular flexibility index (Phi) is 3.40. The Morgan fingerprint density at radius 1 is 1.19 bits per heavy atom. The molecule has 4 fully saturated rings. The average molecular weight is 290 g/mol. The molecular weight excluding hydrogens is 260 g/mol. The minimum Gasteiger partial charge on any atom is -0.356 e. The summed E-state index contributed by atoms with van der Waals surface area (Å²) in [6.45, 7) is 5.95. The summed E-state index contributed by atoms with van der Waals surface area (Å²) in [5.41, 5.74) is 0.638. The lowest BCUT2D eigenvalue weighted by atomic mass is 10.0. The fourth-order valence-corrected chi connectivity index (χ4v) is 4.15. The molecule has 0 amide bonds. The molecule has 0 spiro atoms. The largest absolute Gasteiger partial charge is 0.356 e. The predicted octanol–water partition coefficient (Wildman–Crippen LogP) is 1.82. The molecule has 0 aromatic rings. The van der Waals surface area contributed by atoms with Gasteiger partial charge >= 0.3 is 0 Å². The number of rotatable bonds is 5. The van der Waals surface area contributed by atoms with Crippen molar-refractivity contribution in [1.82, 2.24) is 15.5 Å². The Labute approximate surface area is 128 Å². The molecule has 0 radical (unpaired) electrons. The van der Waals surface area contributed by atoms with E-state index in [0.717, 1.165) is 30.4 Å². The van der Waals surface area contributed by atoms with E-state index >= 15 is 0 Å². The maximum absolute atomic E-state index is 4.46. The molecule has 3 saturated carbocycles. The van der Waals surface area contributed by atoms with Crippen molar-refractivity contribution in [1.29, 1.82) is 0 Å². The van der Waals surface area contributed by atoms with Gasteiger partial charge in [-0.1, -0.05) is 6.92 Å². The van der Waals surface area contributed by atoms with Crippen molar-refractivity contribution in [2.24, 2.45) is 22.2 Å². The van der Waals surface area contributed by atoms with Gasteiger partial charge in [0.2, 0.25) is 0 Å². The molecule has 0 aromatic heterocycles. The van der Waals surface area contributed by atoms with E-state index < -0.39 is 0 Å². The fraction of sp³-hybridized carbons (Fsp3) is 0.941. The predicted molar refractivity (Wildman–Crippen MR) is 86.4 cm³/mol. The standard InChI is InChI=1S/C17H30N4/c1-12-9-21(14-5-6-14)10-15(12)20-16(18-2)19-11-17(7-8-17)13-3-4-13/h12-15H,3-11H2,1-2H3,(H2,18,19,20). The highest BCUT2D eigenvalue weighted by Gasteiger charge is 2.53. The van der Waals surface area contributed by atoms with Crippen molar-refractivity contribution in [3.8, 4) is 0 Å². The van der Waals surface area contributed by atoms with Crippen LogP contribution in [-0.2, 0) is 0 Å². The van der Waals surface area contributed by atoms with Crippen LogP contribution in [0.15, 0.2) is 4.99 Å². The summed E-state index contributed by atoms with van der Waals surface area (Å²) in [4.78, 5) is 7.13. The van der Waals surface area contributed by atoms with E-state index in [1.54, 1.807) is 0 Å². The van der Waals surface area contributed by atoms with Crippen molar-refractivity contribution in [3.05, 3.63) is 0 Å². The van der Waals surface area contributed by atoms with Crippen molar-refractivity contribution < 1.29 is 0 Å². The molecule has 2 unspecified atom stereocenters. The molecule has 118 valence electrons. The Balaban J connectivity index is 1.28. The van der Waals surface area contributed by atoms with E-state index in [-0.39, 0.29) is 0 Å². The first-order valence-corrected chi connectivity index (χ1v) is 8.91. The van der Waals surface area contributed by atoms with Gasteiger partial charge in [-0.2, -0.15) is 0 Å². The van der Waals surface area contributed by atoms with Gasteiger partial charge in [0.25, 0.3) is 0 Å². The third kappa shape index (κ3) is 2.92. The molecule has 0 bridgehead atoms. The van der Waals surface area contributed by atoms with Gasteiger partial charge in [-0.15, -0.1) is 0 Å². The van der Waals surface area contributed by atoms with Crippen LogP contribution in [0.4, 0.5) is 0 Å². The van der Waals surface area contributed by atoms with Crippen molar-refractivity contribution in [2.45, 2.75) is 57.5 Å². The molecule has 1 aliphatic heterocycles. The van der Waals surface area contributed by atoms with Crippen LogP contribution in [-0.4, -0.2) is 49.6 Å².